The molecule has 0 unspecified atom stereocenters. The summed E-state index contributed by atoms with van der Waals surface area (Å²) in [6.07, 6.45) is 5.51. The Bertz CT molecular complexity index is 1040. The fourth-order valence-corrected chi connectivity index (χ4v) is 3.73. The molecule has 9 heteroatoms. The molecule has 29 heavy (non-hydrogen) atoms. The van der Waals surface area contributed by atoms with Crippen molar-refractivity contribution in [2.75, 3.05) is 6.79 Å². The molecule has 0 atom stereocenters. The number of H-pyrrole nitrogens is 1. The van der Waals surface area contributed by atoms with Crippen LogP contribution in [0, 0.1) is 0 Å². The Morgan fingerprint density at radius 2 is 2.07 bits per heavy atom. The topological polar surface area (TPSA) is 115 Å². The van der Waals surface area contributed by atoms with Crippen LogP contribution in [0.3, 0.4) is 0 Å². The Hall–Kier alpha value is -3.36. The van der Waals surface area contributed by atoms with Crippen molar-refractivity contribution in [2.45, 2.75) is 45.1 Å². The summed E-state index contributed by atoms with van der Waals surface area (Å²) in [4.78, 5) is 16.6. The lowest BCUT2D eigenvalue weighted by atomic mass is 9.95. The van der Waals surface area contributed by atoms with E-state index >= 15 is 0 Å². The number of carbonyl (C=O) groups is 1. The van der Waals surface area contributed by atoms with Crippen molar-refractivity contribution in [3.8, 4) is 23.0 Å². The number of hydrogen-bond donors (Lipinski definition) is 2. The predicted molar refractivity (Wildman–Crippen MR) is 101 cm³/mol. The van der Waals surface area contributed by atoms with Gasteiger partial charge in [-0.05, 0) is 49.4 Å². The van der Waals surface area contributed by atoms with Crippen LogP contribution in [-0.2, 0) is 30.6 Å². The van der Waals surface area contributed by atoms with Crippen molar-refractivity contribution < 1.29 is 18.8 Å². The van der Waals surface area contributed by atoms with Crippen molar-refractivity contribution >= 4 is 5.91 Å². The molecular formula is C20H21N5O4. The molecule has 3 heterocycles. The normalized spacial score (nSPS) is 14.6. The van der Waals surface area contributed by atoms with E-state index in [1.807, 2.05) is 6.07 Å². The molecule has 0 saturated heterocycles. The molecule has 2 aliphatic rings. The van der Waals surface area contributed by atoms with Gasteiger partial charge in [-0.2, -0.15) is 10.1 Å². The van der Waals surface area contributed by atoms with Crippen LogP contribution >= 0.6 is 0 Å². The second-order valence-corrected chi connectivity index (χ2v) is 7.20. The Morgan fingerprint density at radius 3 is 3.03 bits per heavy atom. The van der Waals surface area contributed by atoms with Gasteiger partial charge in [-0.3, -0.25) is 9.89 Å². The van der Waals surface area contributed by atoms with Gasteiger partial charge in [-0.15, -0.1) is 0 Å². The van der Waals surface area contributed by atoms with Crippen LogP contribution in [0.2, 0.25) is 0 Å². The number of nitrogens with zero attached hydrogens (tertiary/aromatic N) is 3. The minimum atomic E-state index is -0.0630. The van der Waals surface area contributed by atoms with Gasteiger partial charge in [-0.1, -0.05) is 5.16 Å². The third-order valence-corrected chi connectivity index (χ3v) is 5.26. The smallest absolute Gasteiger partial charge is 0.258 e. The maximum Gasteiger partial charge on any atom is 0.258 e. The van der Waals surface area contributed by atoms with E-state index in [0.717, 1.165) is 24.1 Å². The minimum absolute atomic E-state index is 0.0630. The summed E-state index contributed by atoms with van der Waals surface area (Å²) in [5.41, 5.74) is 4.28. The van der Waals surface area contributed by atoms with Crippen LogP contribution in [0.25, 0.3) is 11.5 Å². The van der Waals surface area contributed by atoms with Crippen LogP contribution in [-0.4, -0.2) is 33.0 Å². The highest BCUT2D eigenvalue weighted by Crippen LogP contribution is 2.35. The Kier molecular flexibility index (Phi) is 4.63. The van der Waals surface area contributed by atoms with Crippen molar-refractivity contribution in [1.82, 2.24) is 25.7 Å². The maximum atomic E-state index is 12.2. The van der Waals surface area contributed by atoms with Gasteiger partial charge in [-0.25, -0.2) is 0 Å². The lowest BCUT2D eigenvalue weighted by Crippen LogP contribution is -2.23. The minimum Gasteiger partial charge on any atom is -0.454 e. The van der Waals surface area contributed by atoms with Crippen molar-refractivity contribution in [3.63, 3.8) is 0 Å². The van der Waals surface area contributed by atoms with Gasteiger partial charge >= 0.3 is 0 Å². The molecule has 9 nitrogen and oxygen atoms in total. The highest BCUT2D eigenvalue weighted by molar-refractivity contribution is 5.76. The molecular weight excluding hydrogens is 374 g/mol. The van der Waals surface area contributed by atoms with Gasteiger partial charge < -0.3 is 19.3 Å². The molecule has 1 aliphatic carbocycles. The number of aromatic amines is 1. The van der Waals surface area contributed by atoms with Gasteiger partial charge in [0.1, 0.15) is 0 Å². The zero-order chi connectivity index (χ0) is 19.6. The summed E-state index contributed by atoms with van der Waals surface area (Å²) < 4.78 is 16.0. The monoisotopic (exact) mass is 395 g/mol. The standard InChI is InChI=1S/C20H21N5O4/c26-19(8-6-15-13-3-1-2-4-14(13)23-24-15)21-10-18-22-20(29-25-18)12-5-7-16-17(9-12)28-11-27-16/h5,7,9H,1-4,6,8,10-11H2,(H,21,26)(H,23,24). The van der Waals surface area contributed by atoms with Crippen LogP contribution in [0.15, 0.2) is 22.7 Å². The second kappa shape index (κ2) is 7.57. The average Bonchev–Trinajstić information content (AvgIpc) is 3.49. The third-order valence-electron chi connectivity index (χ3n) is 5.26. The molecule has 0 spiro atoms. The second-order valence-electron chi connectivity index (χ2n) is 7.20. The first kappa shape index (κ1) is 17.7. The number of nitrogens with one attached hydrogen (secondary N) is 2. The van der Waals surface area contributed by atoms with Crippen molar-refractivity contribution in [1.29, 1.82) is 0 Å². The van der Waals surface area contributed by atoms with E-state index < -0.39 is 0 Å². The highest BCUT2D eigenvalue weighted by atomic mass is 16.7. The van der Waals surface area contributed by atoms with Crippen LogP contribution < -0.4 is 14.8 Å². The lowest BCUT2D eigenvalue weighted by Gasteiger charge is -2.10. The average molecular weight is 395 g/mol. The Morgan fingerprint density at radius 1 is 1.17 bits per heavy atom. The fraction of sp³-hybridized carbons (Fsp3) is 0.400. The third kappa shape index (κ3) is 3.67. The van der Waals surface area contributed by atoms with Crippen molar-refractivity contribution in [3.05, 3.63) is 41.0 Å². The summed E-state index contributed by atoms with van der Waals surface area (Å²) in [5, 5.41) is 14.3. The molecule has 3 aromatic rings. The van der Waals surface area contributed by atoms with Gasteiger partial charge in [0.05, 0.1) is 12.2 Å². The Labute approximate surface area is 166 Å². The number of carbonyl (C=O) groups excluding carboxylic acids is 1. The molecule has 0 radical (unpaired) electrons. The number of aryl methyl sites for hydroxylation is 2. The highest BCUT2D eigenvalue weighted by Gasteiger charge is 2.19. The largest absolute Gasteiger partial charge is 0.454 e. The van der Waals surface area contributed by atoms with Crippen LogP contribution in [0.1, 0.15) is 42.0 Å². The summed E-state index contributed by atoms with van der Waals surface area (Å²) in [6.45, 7) is 0.423. The predicted octanol–water partition coefficient (Wildman–Crippen LogP) is 2.32. The van der Waals surface area contributed by atoms with E-state index in [1.165, 1.54) is 24.1 Å². The van der Waals surface area contributed by atoms with E-state index in [4.69, 9.17) is 14.0 Å². The zero-order valence-corrected chi connectivity index (χ0v) is 15.9. The molecule has 0 fully saturated rings. The summed E-state index contributed by atoms with van der Waals surface area (Å²) in [5.74, 6) is 2.07. The first-order valence-corrected chi connectivity index (χ1v) is 9.80. The van der Waals surface area contributed by atoms with Crippen molar-refractivity contribution in [2.24, 2.45) is 0 Å². The Balaban J connectivity index is 1.15. The summed E-state index contributed by atoms with van der Waals surface area (Å²) in [6, 6.07) is 5.42. The fourth-order valence-electron chi connectivity index (χ4n) is 3.73. The van der Waals surface area contributed by atoms with Crippen LogP contribution in [0.4, 0.5) is 0 Å². The summed E-state index contributed by atoms with van der Waals surface area (Å²) in [7, 11) is 0. The summed E-state index contributed by atoms with van der Waals surface area (Å²) >= 11 is 0. The zero-order valence-electron chi connectivity index (χ0n) is 15.9. The first-order valence-electron chi connectivity index (χ1n) is 9.80. The molecule has 1 aromatic carbocycles. The molecule has 1 amide bonds. The molecule has 0 saturated carbocycles. The number of rotatable bonds is 6. The molecule has 150 valence electrons. The molecule has 1 aliphatic heterocycles. The number of fused-ring (bicyclic) bond motifs is 2. The number of amides is 1. The lowest BCUT2D eigenvalue weighted by molar-refractivity contribution is -0.121. The van der Waals surface area contributed by atoms with E-state index in [-0.39, 0.29) is 19.2 Å². The van der Waals surface area contributed by atoms with Crippen LogP contribution in [0.5, 0.6) is 11.5 Å². The van der Waals surface area contributed by atoms with Gasteiger partial charge in [0.15, 0.2) is 17.3 Å². The molecule has 0 bridgehead atoms. The molecule has 5 rings (SSSR count). The number of benzene rings is 1. The van der Waals surface area contributed by atoms with E-state index in [9.17, 15) is 4.79 Å². The SMILES string of the molecule is O=C(CCc1n[nH]c2c1CCCC2)NCc1noc(-c2ccc3c(c2)OCO3)n1. The number of ether oxygens (including phenoxy) is 2. The molecule has 2 aromatic heterocycles. The van der Waals surface area contributed by atoms with Gasteiger partial charge in [0, 0.05) is 24.1 Å². The first-order chi connectivity index (χ1) is 14.3. The number of aromatic nitrogens is 4. The van der Waals surface area contributed by atoms with E-state index in [1.54, 1.807) is 12.1 Å². The van der Waals surface area contributed by atoms with E-state index in [2.05, 4.69) is 25.7 Å². The quantitative estimate of drug-likeness (QED) is 0.658. The number of hydrogen-bond acceptors (Lipinski definition) is 7. The molecule has 2 N–H and O–H groups in total. The van der Waals surface area contributed by atoms with E-state index in [0.29, 0.717) is 36.1 Å². The maximum absolute atomic E-state index is 12.2. The van der Waals surface area contributed by atoms with Gasteiger partial charge in [0.2, 0.25) is 12.7 Å². The van der Waals surface area contributed by atoms with Gasteiger partial charge in [0.25, 0.3) is 5.89 Å².